The second-order valence-electron chi connectivity index (χ2n) is 7.39. The van der Waals surface area contributed by atoms with Crippen molar-refractivity contribution in [3.63, 3.8) is 0 Å². The lowest BCUT2D eigenvalue weighted by Gasteiger charge is -2.35. The third kappa shape index (κ3) is 3.21. The van der Waals surface area contributed by atoms with Crippen LogP contribution in [0, 0.1) is 5.82 Å². The quantitative estimate of drug-likeness (QED) is 0.467. The molecule has 9 nitrogen and oxygen atoms in total. The van der Waals surface area contributed by atoms with Gasteiger partial charge >= 0.3 is 0 Å². The van der Waals surface area contributed by atoms with Crippen LogP contribution < -0.4 is 15.8 Å². The maximum atomic E-state index is 13.6. The first-order chi connectivity index (χ1) is 15.3. The Hall–Kier alpha value is -3.44. The van der Waals surface area contributed by atoms with Crippen molar-refractivity contribution in [1.82, 2.24) is 19.7 Å². The summed E-state index contributed by atoms with van der Waals surface area (Å²) in [4.78, 5) is 8.02. The monoisotopic (exact) mass is 473 g/mol. The van der Waals surface area contributed by atoms with E-state index >= 15 is 0 Å². The van der Waals surface area contributed by atoms with E-state index in [0.29, 0.717) is 23.1 Å². The molecule has 0 spiro atoms. The fourth-order valence-electron chi connectivity index (χ4n) is 3.96. The average molecular weight is 474 g/mol. The van der Waals surface area contributed by atoms with Gasteiger partial charge in [-0.3, -0.25) is 4.31 Å². The number of hydrogen-bond acceptors (Lipinski definition) is 7. The number of nitrogens with two attached hydrogens (primary N) is 2. The molecule has 0 amide bonds. The van der Waals surface area contributed by atoms with Crippen LogP contribution in [0.2, 0.25) is 5.02 Å². The van der Waals surface area contributed by atoms with Gasteiger partial charge in [0.05, 0.1) is 34.9 Å². The van der Waals surface area contributed by atoms with Crippen molar-refractivity contribution in [1.29, 1.82) is 0 Å². The Labute approximate surface area is 187 Å². The topological polar surface area (TPSA) is 133 Å². The SMILES string of the molecule is Nc1nc(N)c2cnn(C3Cc4ccccc4N(S(=O)(=O)c4ccc(F)cc4Cl)C3)c2n1. The third-order valence-corrected chi connectivity index (χ3v) is 7.66. The molecule has 3 heterocycles. The molecule has 2 aromatic heterocycles. The summed E-state index contributed by atoms with van der Waals surface area (Å²) in [6.45, 7) is 0.0493. The highest BCUT2D eigenvalue weighted by molar-refractivity contribution is 7.93. The smallest absolute Gasteiger partial charge is 0.265 e. The van der Waals surface area contributed by atoms with E-state index in [1.807, 2.05) is 12.1 Å². The molecule has 1 aliphatic rings. The van der Waals surface area contributed by atoms with Crippen LogP contribution in [0.25, 0.3) is 11.0 Å². The minimum atomic E-state index is -4.10. The van der Waals surface area contributed by atoms with Crippen LogP contribution >= 0.6 is 11.6 Å². The molecule has 12 heteroatoms. The van der Waals surface area contributed by atoms with Gasteiger partial charge in [-0.1, -0.05) is 29.8 Å². The molecule has 5 rings (SSSR count). The van der Waals surface area contributed by atoms with Gasteiger partial charge in [-0.25, -0.2) is 17.5 Å². The van der Waals surface area contributed by atoms with Crippen molar-refractivity contribution < 1.29 is 12.8 Å². The van der Waals surface area contributed by atoms with Crippen molar-refractivity contribution >= 4 is 50.1 Å². The summed E-state index contributed by atoms with van der Waals surface area (Å²) in [5.74, 6) is -0.434. The number of sulfonamides is 1. The van der Waals surface area contributed by atoms with Crippen LogP contribution in [0.3, 0.4) is 0 Å². The minimum absolute atomic E-state index is 0.00414. The highest BCUT2D eigenvalue weighted by atomic mass is 35.5. The number of fused-ring (bicyclic) bond motifs is 2. The Bertz CT molecular complexity index is 1470. The summed E-state index contributed by atoms with van der Waals surface area (Å²) in [5.41, 5.74) is 13.4. The van der Waals surface area contributed by atoms with Crippen molar-refractivity contribution in [2.75, 3.05) is 22.3 Å². The summed E-state index contributed by atoms with van der Waals surface area (Å²) in [6, 6.07) is 9.95. The van der Waals surface area contributed by atoms with E-state index in [9.17, 15) is 12.8 Å². The Kier molecular flexibility index (Phi) is 4.68. The number of rotatable bonds is 3. The van der Waals surface area contributed by atoms with Crippen LogP contribution in [-0.4, -0.2) is 34.7 Å². The van der Waals surface area contributed by atoms with E-state index < -0.39 is 21.9 Å². The largest absolute Gasteiger partial charge is 0.383 e. The number of aromatic nitrogens is 4. The molecule has 1 aliphatic heterocycles. The molecule has 0 bridgehead atoms. The molecule has 1 unspecified atom stereocenters. The van der Waals surface area contributed by atoms with Crippen molar-refractivity contribution in [3.8, 4) is 0 Å². The van der Waals surface area contributed by atoms with Crippen LogP contribution in [0.4, 0.5) is 21.8 Å². The highest BCUT2D eigenvalue weighted by Gasteiger charge is 2.36. The number of para-hydroxylation sites is 1. The number of nitrogen functional groups attached to an aromatic ring is 2. The molecule has 32 heavy (non-hydrogen) atoms. The lowest BCUT2D eigenvalue weighted by Crippen LogP contribution is -2.41. The maximum Gasteiger partial charge on any atom is 0.265 e. The first-order valence-electron chi connectivity index (χ1n) is 9.57. The van der Waals surface area contributed by atoms with Gasteiger partial charge in [0, 0.05) is 0 Å². The van der Waals surface area contributed by atoms with E-state index in [4.69, 9.17) is 23.1 Å². The zero-order chi connectivity index (χ0) is 22.6. The Morgan fingerprint density at radius 1 is 1.12 bits per heavy atom. The van der Waals surface area contributed by atoms with Gasteiger partial charge in [-0.15, -0.1) is 0 Å². The molecule has 2 aromatic carbocycles. The van der Waals surface area contributed by atoms with Crippen LogP contribution in [0.1, 0.15) is 11.6 Å². The second-order valence-corrected chi connectivity index (χ2v) is 9.63. The number of halogens is 2. The minimum Gasteiger partial charge on any atom is -0.383 e. The summed E-state index contributed by atoms with van der Waals surface area (Å²) < 4.78 is 43.6. The van der Waals surface area contributed by atoms with Gasteiger partial charge in [-0.2, -0.15) is 15.1 Å². The molecule has 0 radical (unpaired) electrons. The van der Waals surface area contributed by atoms with Gasteiger partial charge in [0.25, 0.3) is 10.0 Å². The highest BCUT2D eigenvalue weighted by Crippen LogP contribution is 2.38. The predicted octanol–water partition coefficient (Wildman–Crippen LogP) is 2.78. The van der Waals surface area contributed by atoms with Crippen LogP contribution in [0.5, 0.6) is 0 Å². The number of nitrogens with zero attached hydrogens (tertiary/aromatic N) is 5. The number of benzene rings is 2. The van der Waals surface area contributed by atoms with E-state index in [0.717, 1.165) is 23.8 Å². The molecule has 1 atom stereocenters. The lowest BCUT2D eigenvalue weighted by atomic mass is 10.00. The zero-order valence-corrected chi connectivity index (χ0v) is 18.1. The summed E-state index contributed by atoms with van der Waals surface area (Å²) in [7, 11) is -4.10. The van der Waals surface area contributed by atoms with E-state index in [-0.39, 0.29) is 28.2 Å². The zero-order valence-electron chi connectivity index (χ0n) is 16.5. The summed E-state index contributed by atoms with van der Waals surface area (Å²) in [6.07, 6.45) is 2.03. The molecule has 4 N–H and O–H groups in total. The summed E-state index contributed by atoms with van der Waals surface area (Å²) in [5, 5.41) is 4.72. The summed E-state index contributed by atoms with van der Waals surface area (Å²) >= 11 is 6.10. The Balaban J connectivity index is 1.65. The van der Waals surface area contributed by atoms with E-state index in [2.05, 4.69) is 15.1 Å². The van der Waals surface area contributed by atoms with Crippen molar-refractivity contribution in [3.05, 3.63) is 65.1 Å². The fourth-order valence-corrected chi connectivity index (χ4v) is 6.01. The molecule has 0 aliphatic carbocycles. The molecule has 0 saturated heterocycles. The predicted molar refractivity (Wildman–Crippen MR) is 119 cm³/mol. The Morgan fingerprint density at radius 3 is 2.69 bits per heavy atom. The Morgan fingerprint density at radius 2 is 1.91 bits per heavy atom. The van der Waals surface area contributed by atoms with Crippen molar-refractivity contribution in [2.24, 2.45) is 0 Å². The molecule has 164 valence electrons. The maximum absolute atomic E-state index is 13.6. The number of anilines is 3. The van der Waals surface area contributed by atoms with Gasteiger partial charge in [0.1, 0.15) is 16.5 Å². The van der Waals surface area contributed by atoms with Gasteiger partial charge in [-0.05, 0) is 36.2 Å². The van der Waals surface area contributed by atoms with Crippen LogP contribution in [-0.2, 0) is 16.4 Å². The molecule has 4 aromatic rings. The van der Waals surface area contributed by atoms with Crippen LogP contribution in [0.15, 0.2) is 53.6 Å². The third-order valence-electron chi connectivity index (χ3n) is 5.40. The molecule has 0 saturated carbocycles. The van der Waals surface area contributed by atoms with E-state index in [1.165, 1.54) is 10.5 Å². The first-order valence-corrected chi connectivity index (χ1v) is 11.4. The van der Waals surface area contributed by atoms with Gasteiger partial charge in [0.15, 0.2) is 5.65 Å². The average Bonchev–Trinajstić information content (AvgIpc) is 3.16. The second kappa shape index (κ2) is 7.31. The normalized spacial score (nSPS) is 16.3. The van der Waals surface area contributed by atoms with E-state index in [1.54, 1.807) is 16.8 Å². The van der Waals surface area contributed by atoms with Gasteiger partial charge in [0.2, 0.25) is 5.95 Å². The fraction of sp³-hybridized carbons (Fsp3) is 0.150. The lowest BCUT2D eigenvalue weighted by molar-refractivity contribution is 0.456. The molecule has 0 fully saturated rings. The first kappa shape index (κ1) is 20.5. The number of hydrogen-bond donors (Lipinski definition) is 2. The van der Waals surface area contributed by atoms with Crippen molar-refractivity contribution in [2.45, 2.75) is 17.4 Å². The van der Waals surface area contributed by atoms with Gasteiger partial charge < -0.3 is 11.5 Å². The standard InChI is InChI=1S/C20H17ClFN7O2S/c21-15-8-12(22)5-6-17(15)32(30,31)28-10-13(7-11-3-1-2-4-16(11)28)29-19-14(9-25-29)18(23)26-20(24)27-19/h1-6,8-9,13H,7,10H2,(H4,23,24,26,27). The molecular weight excluding hydrogens is 457 g/mol. The molecular formula is C20H17ClFN7O2S.